The molecule has 1 rings (SSSR count). The van der Waals surface area contributed by atoms with Gasteiger partial charge in [-0.2, -0.15) is 0 Å². The van der Waals surface area contributed by atoms with Crippen LogP contribution in [-0.4, -0.2) is 35.0 Å². The van der Waals surface area contributed by atoms with Gasteiger partial charge < -0.3 is 20.2 Å². The van der Waals surface area contributed by atoms with Crippen LogP contribution in [-0.2, 0) is 4.79 Å². The summed E-state index contributed by atoms with van der Waals surface area (Å²) in [4.78, 5) is 33.9. The number of carbonyl (C=O) groups is 3. The van der Waals surface area contributed by atoms with Gasteiger partial charge in [-0.05, 0) is 32.9 Å². The number of hydrogen-bond donors (Lipinski definition) is 3. The van der Waals surface area contributed by atoms with Crippen molar-refractivity contribution in [2.24, 2.45) is 0 Å². The van der Waals surface area contributed by atoms with E-state index >= 15 is 0 Å². The van der Waals surface area contributed by atoms with Crippen molar-refractivity contribution in [3.8, 4) is 0 Å². The number of carbonyl (C=O) groups excluding carboxylic acids is 2. The van der Waals surface area contributed by atoms with Crippen LogP contribution in [0.25, 0.3) is 0 Å². The topological polar surface area (TPSA) is 109 Å². The molecule has 0 fully saturated rings. The molecule has 0 aliphatic rings. The fraction of sp³-hybridized carbons (Fsp3) is 0.417. The van der Waals surface area contributed by atoms with Crippen LogP contribution < -0.4 is 10.6 Å². The molecule has 0 aromatic carbocycles. The van der Waals surface area contributed by atoms with Gasteiger partial charge in [0.2, 0.25) is 11.7 Å². The summed E-state index contributed by atoms with van der Waals surface area (Å²) in [5.41, 5.74) is 0. The molecule has 0 aliphatic carbocycles. The lowest BCUT2D eigenvalue weighted by molar-refractivity contribution is -0.123. The van der Waals surface area contributed by atoms with E-state index in [9.17, 15) is 14.4 Å². The Kier molecular flexibility index (Phi) is 4.68. The second kappa shape index (κ2) is 6.03. The number of aromatic carboxylic acids is 1. The Morgan fingerprint density at radius 1 is 1.11 bits per heavy atom. The standard InChI is InChI=1S/C12H16N2O5/c1-6(2)13-10(15)7(3)14-11(16)8-4-5-9(19-8)12(17)18/h4-7H,1-3H3,(H,13,15)(H,14,16)(H,17,18). The van der Waals surface area contributed by atoms with Gasteiger partial charge in [0.25, 0.3) is 5.91 Å². The maximum Gasteiger partial charge on any atom is 0.371 e. The zero-order valence-electron chi connectivity index (χ0n) is 10.9. The summed E-state index contributed by atoms with van der Waals surface area (Å²) in [6.45, 7) is 5.13. The molecule has 7 heteroatoms. The van der Waals surface area contributed by atoms with Gasteiger partial charge in [-0.1, -0.05) is 0 Å². The number of carboxylic acid groups (broad SMARTS) is 1. The van der Waals surface area contributed by atoms with Crippen molar-refractivity contribution in [2.45, 2.75) is 32.9 Å². The van der Waals surface area contributed by atoms with E-state index in [0.29, 0.717) is 0 Å². The maximum atomic E-state index is 11.7. The summed E-state index contributed by atoms with van der Waals surface area (Å²) < 4.78 is 4.83. The summed E-state index contributed by atoms with van der Waals surface area (Å²) in [6.07, 6.45) is 0. The van der Waals surface area contributed by atoms with Crippen molar-refractivity contribution in [3.05, 3.63) is 23.7 Å². The van der Waals surface area contributed by atoms with Crippen molar-refractivity contribution >= 4 is 17.8 Å². The predicted octanol–water partition coefficient (Wildman–Crippen LogP) is 0.621. The first-order valence-electron chi connectivity index (χ1n) is 5.75. The molecule has 1 aromatic heterocycles. The minimum absolute atomic E-state index is 0.0333. The van der Waals surface area contributed by atoms with Crippen molar-refractivity contribution in [1.29, 1.82) is 0 Å². The molecule has 0 saturated heterocycles. The summed E-state index contributed by atoms with van der Waals surface area (Å²) in [7, 11) is 0. The van der Waals surface area contributed by atoms with Gasteiger partial charge in [-0.15, -0.1) is 0 Å². The van der Waals surface area contributed by atoms with E-state index in [1.54, 1.807) is 13.8 Å². The van der Waals surface area contributed by atoms with Crippen LogP contribution in [0.4, 0.5) is 0 Å². The van der Waals surface area contributed by atoms with Gasteiger partial charge in [0.15, 0.2) is 5.76 Å². The lowest BCUT2D eigenvalue weighted by Crippen LogP contribution is -2.46. The Bertz CT molecular complexity index is 492. The van der Waals surface area contributed by atoms with Gasteiger partial charge in [0.1, 0.15) is 6.04 Å². The quantitative estimate of drug-likeness (QED) is 0.725. The highest BCUT2D eigenvalue weighted by Gasteiger charge is 2.20. The van der Waals surface area contributed by atoms with Gasteiger partial charge in [0, 0.05) is 6.04 Å². The minimum atomic E-state index is -1.26. The molecule has 3 N–H and O–H groups in total. The number of amides is 2. The molecular formula is C12H16N2O5. The summed E-state index contributed by atoms with van der Waals surface area (Å²) in [5.74, 6) is -2.71. The molecule has 1 heterocycles. The molecule has 0 spiro atoms. The Balaban J connectivity index is 2.63. The third-order valence-electron chi connectivity index (χ3n) is 2.21. The van der Waals surface area contributed by atoms with E-state index < -0.39 is 17.9 Å². The lowest BCUT2D eigenvalue weighted by Gasteiger charge is -2.15. The van der Waals surface area contributed by atoms with E-state index in [2.05, 4.69) is 10.6 Å². The van der Waals surface area contributed by atoms with E-state index in [1.807, 2.05) is 0 Å². The fourth-order valence-corrected chi connectivity index (χ4v) is 1.32. The number of nitrogens with one attached hydrogen (secondary N) is 2. The molecule has 7 nitrogen and oxygen atoms in total. The Hall–Kier alpha value is -2.31. The highest BCUT2D eigenvalue weighted by atomic mass is 16.4. The first-order valence-corrected chi connectivity index (χ1v) is 5.75. The summed E-state index contributed by atoms with van der Waals surface area (Å²) >= 11 is 0. The number of rotatable bonds is 5. The highest BCUT2D eigenvalue weighted by Crippen LogP contribution is 2.07. The molecule has 0 aliphatic heterocycles. The highest BCUT2D eigenvalue weighted by molar-refractivity contribution is 5.96. The minimum Gasteiger partial charge on any atom is -0.475 e. The van der Waals surface area contributed by atoms with Gasteiger partial charge in [-0.25, -0.2) is 4.79 Å². The molecule has 1 unspecified atom stereocenters. The maximum absolute atomic E-state index is 11.7. The van der Waals surface area contributed by atoms with Crippen LogP contribution >= 0.6 is 0 Å². The van der Waals surface area contributed by atoms with Gasteiger partial charge >= 0.3 is 5.97 Å². The number of hydrogen-bond acceptors (Lipinski definition) is 4. The first-order chi connectivity index (χ1) is 8.81. The number of furan rings is 1. The molecule has 1 atom stereocenters. The Labute approximate surface area is 110 Å². The van der Waals surface area contributed by atoms with Crippen molar-refractivity contribution in [3.63, 3.8) is 0 Å². The average Bonchev–Trinajstić information content (AvgIpc) is 2.77. The molecule has 104 valence electrons. The zero-order valence-corrected chi connectivity index (χ0v) is 10.9. The third-order valence-corrected chi connectivity index (χ3v) is 2.21. The molecule has 0 radical (unpaired) electrons. The number of carboxylic acids is 1. The van der Waals surface area contributed by atoms with E-state index in [-0.39, 0.29) is 23.5 Å². The van der Waals surface area contributed by atoms with Crippen LogP contribution in [0.3, 0.4) is 0 Å². The van der Waals surface area contributed by atoms with Crippen LogP contribution in [0, 0.1) is 0 Å². The van der Waals surface area contributed by atoms with Gasteiger partial charge in [-0.3, -0.25) is 9.59 Å². The second-order valence-corrected chi connectivity index (χ2v) is 4.33. The van der Waals surface area contributed by atoms with Crippen LogP contribution in [0.15, 0.2) is 16.5 Å². The Morgan fingerprint density at radius 2 is 1.68 bits per heavy atom. The van der Waals surface area contributed by atoms with Crippen LogP contribution in [0.2, 0.25) is 0 Å². The zero-order chi connectivity index (χ0) is 14.6. The van der Waals surface area contributed by atoms with E-state index in [1.165, 1.54) is 19.1 Å². The van der Waals surface area contributed by atoms with Crippen LogP contribution in [0.5, 0.6) is 0 Å². The largest absolute Gasteiger partial charge is 0.475 e. The molecular weight excluding hydrogens is 252 g/mol. The SMILES string of the molecule is CC(C)NC(=O)C(C)NC(=O)c1ccc(C(=O)O)o1. The Morgan fingerprint density at radius 3 is 2.16 bits per heavy atom. The average molecular weight is 268 g/mol. The summed E-state index contributed by atoms with van der Waals surface area (Å²) in [6, 6.07) is 1.64. The molecule has 0 bridgehead atoms. The first kappa shape index (κ1) is 14.7. The smallest absolute Gasteiger partial charge is 0.371 e. The predicted molar refractivity (Wildman–Crippen MR) is 65.9 cm³/mol. The van der Waals surface area contributed by atoms with Crippen molar-refractivity contribution in [1.82, 2.24) is 10.6 Å². The normalized spacial score (nSPS) is 12.0. The van der Waals surface area contributed by atoms with Crippen molar-refractivity contribution < 1.29 is 23.9 Å². The van der Waals surface area contributed by atoms with E-state index in [4.69, 9.17) is 9.52 Å². The monoisotopic (exact) mass is 268 g/mol. The van der Waals surface area contributed by atoms with Crippen molar-refractivity contribution in [2.75, 3.05) is 0 Å². The van der Waals surface area contributed by atoms with Gasteiger partial charge in [0.05, 0.1) is 0 Å². The molecule has 19 heavy (non-hydrogen) atoms. The fourth-order valence-electron chi connectivity index (χ4n) is 1.32. The van der Waals surface area contributed by atoms with E-state index in [0.717, 1.165) is 0 Å². The molecule has 2 amide bonds. The van der Waals surface area contributed by atoms with Crippen LogP contribution in [0.1, 0.15) is 41.9 Å². The lowest BCUT2D eigenvalue weighted by atomic mass is 10.2. The second-order valence-electron chi connectivity index (χ2n) is 4.33. The summed E-state index contributed by atoms with van der Waals surface area (Å²) in [5, 5.41) is 13.7. The molecule has 1 aromatic rings. The third kappa shape index (κ3) is 4.13. The molecule has 0 saturated carbocycles.